The van der Waals surface area contributed by atoms with E-state index in [0.29, 0.717) is 5.56 Å². The molecule has 0 spiro atoms. The summed E-state index contributed by atoms with van der Waals surface area (Å²) in [6.07, 6.45) is 2.23. The van der Waals surface area contributed by atoms with E-state index < -0.39 is 22.6 Å². The lowest BCUT2D eigenvalue weighted by Crippen LogP contribution is -2.62. The molecule has 3 rings (SSSR count). The smallest absolute Gasteiger partial charge is 0.420 e. The van der Waals surface area contributed by atoms with E-state index in [9.17, 15) is 19.3 Å². The van der Waals surface area contributed by atoms with Gasteiger partial charge in [-0.2, -0.15) is 0 Å². The number of cyclic esters (lactones) is 1. The summed E-state index contributed by atoms with van der Waals surface area (Å²) >= 11 is 0. The van der Waals surface area contributed by atoms with Gasteiger partial charge in [0.05, 0.1) is 16.6 Å². The molecule has 0 unspecified atom stereocenters. The van der Waals surface area contributed by atoms with E-state index in [1.54, 1.807) is 13.8 Å². The van der Waals surface area contributed by atoms with Crippen LogP contribution in [-0.4, -0.2) is 21.7 Å². The molecule has 0 N–H and O–H groups in total. The largest absolute Gasteiger partial charge is 0.453 e. The summed E-state index contributed by atoms with van der Waals surface area (Å²) in [5.41, 5.74) is -0.923. The highest BCUT2D eigenvalue weighted by atomic mass is 19.1. The highest BCUT2D eigenvalue weighted by Gasteiger charge is 2.48. The lowest BCUT2D eigenvalue weighted by molar-refractivity contribution is -0.385. The van der Waals surface area contributed by atoms with Crippen LogP contribution in [0, 0.1) is 15.9 Å². The Morgan fingerprint density at radius 1 is 1.38 bits per heavy atom. The molecule has 1 aliphatic rings. The van der Waals surface area contributed by atoms with Gasteiger partial charge >= 0.3 is 6.09 Å². The molecule has 1 saturated heterocycles. The third-order valence-electron chi connectivity index (χ3n) is 3.75. The van der Waals surface area contributed by atoms with E-state index in [4.69, 9.17) is 9.47 Å². The van der Waals surface area contributed by atoms with Crippen molar-refractivity contribution in [1.82, 2.24) is 4.98 Å². The van der Waals surface area contributed by atoms with Crippen LogP contribution in [0.15, 0.2) is 37.0 Å². The number of amides is 1. The molecule has 1 amide bonds. The van der Waals surface area contributed by atoms with Crippen LogP contribution in [0.2, 0.25) is 0 Å². The SMILES string of the molecule is C=Cc1c(Oc2ccc([N+](=O)[O-])cc2F)ccnc1N1C(=O)OC1(C)C. The minimum absolute atomic E-state index is 0.188. The molecule has 2 aromatic rings. The lowest BCUT2D eigenvalue weighted by Gasteiger charge is -2.45. The average molecular weight is 359 g/mol. The molecule has 0 aliphatic carbocycles. The first-order chi connectivity index (χ1) is 12.2. The minimum Gasteiger partial charge on any atom is -0.453 e. The predicted octanol–water partition coefficient (Wildman–Crippen LogP) is 4.26. The Morgan fingerprint density at radius 2 is 2.12 bits per heavy atom. The number of anilines is 1. The quantitative estimate of drug-likeness (QED) is 0.585. The fourth-order valence-electron chi connectivity index (χ4n) is 2.54. The van der Waals surface area contributed by atoms with Crippen molar-refractivity contribution >= 4 is 23.7 Å². The van der Waals surface area contributed by atoms with Crippen molar-refractivity contribution in [2.45, 2.75) is 19.6 Å². The van der Waals surface area contributed by atoms with E-state index in [-0.39, 0.29) is 23.0 Å². The molecule has 2 heterocycles. The van der Waals surface area contributed by atoms with Crippen molar-refractivity contribution in [3.05, 3.63) is 58.5 Å². The first-order valence-corrected chi connectivity index (χ1v) is 7.51. The molecule has 26 heavy (non-hydrogen) atoms. The van der Waals surface area contributed by atoms with Crippen LogP contribution in [-0.2, 0) is 4.74 Å². The van der Waals surface area contributed by atoms with Gasteiger partial charge in [0, 0.05) is 12.3 Å². The van der Waals surface area contributed by atoms with Crippen LogP contribution >= 0.6 is 0 Å². The summed E-state index contributed by atoms with van der Waals surface area (Å²) in [5.74, 6) is -0.660. The highest BCUT2D eigenvalue weighted by molar-refractivity contribution is 5.96. The Kier molecular flexibility index (Phi) is 4.07. The number of benzene rings is 1. The number of carbonyl (C=O) groups is 1. The second kappa shape index (κ2) is 6.10. The summed E-state index contributed by atoms with van der Waals surface area (Å²) < 4.78 is 24.7. The van der Waals surface area contributed by atoms with Gasteiger partial charge in [-0.05, 0) is 26.0 Å². The van der Waals surface area contributed by atoms with Crippen LogP contribution < -0.4 is 9.64 Å². The number of pyridine rings is 1. The third kappa shape index (κ3) is 2.83. The molecule has 0 saturated carbocycles. The van der Waals surface area contributed by atoms with E-state index in [1.807, 2.05) is 0 Å². The molecule has 1 fully saturated rings. The first kappa shape index (κ1) is 17.3. The van der Waals surface area contributed by atoms with E-state index in [0.717, 1.165) is 18.2 Å². The maximum Gasteiger partial charge on any atom is 0.420 e. The topological polar surface area (TPSA) is 94.8 Å². The first-order valence-electron chi connectivity index (χ1n) is 7.51. The molecule has 0 radical (unpaired) electrons. The van der Waals surface area contributed by atoms with Gasteiger partial charge in [0.2, 0.25) is 0 Å². The summed E-state index contributed by atoms with van der Waals surface area (Å²) in [4.78, 5) is 27.3. The fraction of sp³-hybridized carbons (Fsp3) is 0.176. The van der Waals surface area contributed by atoms with Crippen molar-refractivity contribution in [2.24, 2.45) is 0 Å². The monoisotopic (exact) mass is 359 g/mol. The standard InChI is InChI=1S/C17H14FN3O5/c1-4-11-13(25-14-6-5-10(21(23)24)9-12(14)18)7-8-19-15(11)20-16(22)26-17(20,2)3/h4-9H,1H2,2-3H3. The average Bonchev–Trinajstić information content (AvgIpc) is 2.56. The number of non-ortho nitro benzene ring substituents is 1. The fourth-order valence-corrected chi connectivity index (χ4v) is 2.54. The van der Waals surface area contributed by atoms with Crippen LogP contribution in [0.5, 0.6) is 11.5 Å². The minimum atomic E-state index is -0.892. The summed E-state index contributed by atoms with van der Waals surface area (Å²) in [7, 11) is 0. The molecule has 1 aliphatic heterocycles. The highest BCUT2D eigenvalue weighted by Crippen LogP contribution is 2.40. The number of rotatable bonds is 5. The van der Waals surface area contributed by atoms with Crippen molar-refractivity contribution in [3.8, 4) is 11.5 Å². The number of aromatic nitrogens is 1. The van der Waals surface area contributed by atoms with Gasteiger partial charge in [0.15, 0.2) is 23.1 Å². The number of halogens is 1. The van der Waals surface area contributed by atoms with Gasteiger partial charge in [-0.25, -0.2) is 19.1 Å². The molecule has 1 aromatic carbocycles. The Hall–Kier alpha value is -3.49. The van der Waals surface area contributed by atoms with Crippen molar-refractivity contribution in [2.75, 3.05) is 4.90 Å². The van der Waals surface area contributed by atoms with Gasteiger partial charge in [0.25, 0.3) is 5.69 Å². The number of hydrogen-bond donors (Lipinski definition) is 0. The van der Waals surface area contributed by atoms with E-state index in [2.05, 4.69) is 11.6 Å². The Balaban J connectivity index is 1.99. The van der Waals surface area contributed by atoms with Gasteiger partial charge in [-0.1, -0.05) is 12.7 Å². The number of ether oxygens (including phenoxy) is 2. The molecule has 9 heteroatoms. The number of hydrogen-bond acceptors (Lipinski definition) is 6. The molecule has 0 atom stereocenters. The van der Waals surface area contributed by atoms with Crippen molar-refractivity contribution < 1.29 is 23.6 Å². The third-order valence-corrected chi connectivity index (χ3v) is 3.75. The van der Waals surface area contributed by atoms with Crippen molar-refractivity contribution in [3.63, 3.8) is 0 Å². The Bertz CT molecular complexity index is 929. The number of nitro groups is 1. The summed E-state index contributed by atoms with van der Waals surface area (Å²) in [6.45, 7) is 7.06. The molecular weight excluding hydrogens is 345 g/mol. The van der Waals surface area contributed by atoms with Crippen LogP contribution in [0.1, 0.15) is 19.4 Å². The maximum absolute atomic E-state index is 14.1. The van der Waals surface area contributed by atoms with Gasteiger partial charge in [-0.3, -0.25) is 10.1 Å². The molecular formula is C17H14FN3O5. The molecule has 134 valence electrons. The maximum atomic E-state index is 14.1. The number of nitro benzene ring substituents is 1. The second-order valence-corrected chi connectivity index (χ2v) is 5.87. The Morgan fingerprint density at radius 3 is 2.65 bits per heavy atom. The van der Waals surface area contributed by atoms with Crippen molar-refractivity contribution in [1.29, 1.82) is 0 Å². The van der Waals surface area contributed by atoms with Crippen LogP contribution in [0.3, 0.4) is 0 Å². The number of carbonyl (C=O) groups excluding carboxylic acids is 1. The normalized spacial score (nSPS) is 15.0. The predicted molar refractivity (Wildman–Crippen MR) is 90.5 cm³/mol. The van der Waals surface area contributed by atoms with Crippen LogP contribution in [0.25, 0.3) is 6.08 Å². The number of nitrogens with zero attached hydrogens (tertiary/aromatic N) is 3. The zero-order valence-corrected chi connectivity index (χ0v) is 13.9. The van der Waals surface area contributed by atoms with E-state index in [1.165, 1.54) is 23.2 Å². The lowest BCUT2D eigenvalue weighted by atomic mass is 10.1. The Labute approximate surface area is 147 Å². The van der Waals surface area contributed by atoms with Crippen LogP contribution in [0.4, 0.5) is 20.7 Å². The second-order valence-electron chi connectivity index (χ2n) is 5.87. The molecule has 1 aromatic heterocycles. The zero-order chi connectivity index (χ0) is 19.1. The zero-order valence-electron chi connectivity index (χ0n) is 13.9. The molecule has 8 nitrogen and oxygen atoms in total. The molecule has 0 bridgehead atoms. The van der Waals surface area contributed by atoms with Gasteiger partial charge in [0.1, 0.15) is 5.75 Å². The van der Waals surface area contributed by atoms with E-state index >= 15 is 0 Å². The summed E-state index contributed by atoms with van der Waals surface area (Å²) in [5, 5.41) is 10.7. The van der Waals surface area contributed by atoms with Gasteiger partial charge in [-0.15, -0.1) is 0 Å². The van der Waals surface area contributed by atoms with Gasteiger partial charge < -0.3 is 9.47 Å². The summed E-state index contributed by atoms with van der Waals surface area (Å²) in [6, 6.07) is 4.52.